The summed E-state index contributed by atoms with van der Waals surface area (Å²) in [7, 11) is 1.35. The van der Waals surface area contributed by atoms with Crippen molar-refractivity contribution in [2.24, 2.45) is 0 Å². The van der Waals surface area contributed by atoms with Crippen LogP contribution >= 0.6 is 0 Å². The molecule has 32 heavy (non-hydrogen) atoms. The molecule has 2 aromatic carbocycles. The number of nitrogens with zero attached hydrogens (tertiary/aromatic N) is 1. The molecule has 0 unspecified atom stereocenters. The van der Waals surface area contributed by atoms with Crippen molar-refractivity contribution in [1.82, 2.24) is 4.57 Å². The molecule has 4 rings (SSSR count). The number of rotatable bonds is 5. The van der Waals surface area contributed by atoms with Crippen LogP contribution in [-0.2, 0) is 11.2 Å². The quantitative estimate of drug-likeness (QED) is 0.384. The SMILES string of the molecule is CC.CC.COC(=O)c1ccc2c(c1)cc(Cc1ccc(OC(F)(F)F)cc1)n2C1CC1. The van der Waals surface area contributed by atoms with Crippen molar-refractivity contribution in [2.75, 3.05) is 7.11 Å². The number of hydrogen-bond donors (Lipinski definition) is 0. The number of halogens is 3. The maximum atomic E-state index is 12.3. The van der Waals surface area contributed by atoms with E-state index >= 15 is 0 Å². The summed E-state index contributed by atoms with van der Waals surface area (Å²) in [4.78, 5) is 11.8. The summed E-state index contributed by atoms with van der Waals surface area (Å²) < 4.78 is 47.9. The number of hydrogen-bond acceptors (Lipinski definition) is 3. The lowest BCUT2D eigenvalue weighted by Crippen LogP contribution is -2.17. The van der Waals surface area contributed by atoms with Crippen LogP contribution in [-0.4, -0.2) is 24.0 Å². The number of fused-ring (bicyclic) bond motifs is 1. The molecule has 0 spiro atoms. The fraction of sp³-hybridized carbons (Fsp3) is 0.400. The van der Waals surface area contributed by atoms with E-state index in [1.807, 2.05) is 45.9 Å². The average molecular weight is 450 g/mol. The number of alkyl halides is 3. The zero-order chi connectivity index (χ0) is 23.9. The highest BCUT2D eigenvalue weighted by molar-refractivity contribution is 5.95. The van der Waals surface area contributed by atoms with Crippen LogP contribution in [0.2, 0.25) is 0 Å². The highest BCUT2D eigenvalue weighted by Gasteiger charge is 2.31. The van der Waals surface area contributed by atoms with E-state index in [1.54, 1.807) is 18.2 Å². The zero-order valence-electron chi connectivity index (χ0n) is 19.1. The molecule has 1 heterocycles. The Labute approximate surface area is 186 Å². The fourth-order valence-electron chi connectivity index (χ4n) is 3.46. The van der Waals surface area contributed by atoms with Gasteiger partial charge in [-0.25, -0.2) is 4.79 Å². The molecule has 0 aliphatic heterocycles. The van der Waals surface area contributed by atoms with Gasteiger partial charge in [0.25, 0.3) is 0 Å². The van der Waals surface area contributed by atoms with Crippen LogP contribution in [0, 0.1) is 0 Å². The molecule has 0 radical (unpaired) electrons. The van der Waals surface area contributed by atoms with Gasteiger partial charge in [-0.3, -0.25) is 0 Å². The van der Waals surface area contributed by atoms with Crippen LogP contribution in [0.3, 0.4) is 0 Å². The average Bonchev–Trinajstić information content (AvgIpc) is 3.56. The van der Waals surface area contributed by atoms with Crippen LogP contribution in [0.4, 0.5) is 13.2 Å². The molecule has 1 aliphatic carbocycles. The molecule has 0 bridgehead atoms. The highest BCUT2D eigenvalue weighted by atomic mass is 19.4. The second kappa shape index (κ2) is 11.1. The van der Waals surface area contributed by atoms with E-state index in [2.05, 4.69) is 9.30 Å². The first-order valence-corrected chi connectivity index (χ1v) is 10.9. The van der Waals surface area contributed by atoms with Crippen LogP contribution in [0.15, 0.2) is 48.5 Å². The molecule has 3 aromatic rings. The lowest BCUT2D eigenvalue weighted by atomic mass is 10.1. The normalized spacial score (nSPS) is 12.9. The van der Waals surface area contributed by atoms with E-state index in [0.29, 0.717) is 18.0 Å². The molecule has 1 aromatic heterocycles. The monoisotopic (exact) mass is 449 g/mol. The standard InChI is InChI=1S/C21H18F3NO3.2C2H6/c1-27-20(26)14-4-9-19-15(11-14)12-17(25(19)16-5-6-16)10-13-2-7-18(8-3-13)28-21(22,23)24;2*1-2/h2-4,7-9,11-12,16H,5-6,10H2,1H3;2*1-2H3. The Morgan fingerprint density at radius 3 is 2.16 bits per heavy atom. The number of carbonyl (C=O) groups excluding carboxylic acids is 1. The van der Waals surface area contributed by atoms with Gasteiger partial charge in [0, 0.05) is 29.1 Å². The van der Waals surface area contributed by atoms with E-state index in [0.717, 1.165) is 35.0 Å². The molecule has 174 valence electrons. The number of carbonyl (C=O) groups is 1. The van der Waals surface area contributed by atoms with E-state index in [9.17, 15) is 18.0 Å². The maximum Gasteiger partial charge on any atom is 0.573 e. The fourth-order valence-corrected chi connectivity index (χ4v) is 3.46. The number of esters is 1. The minimum absolute atomic E-state index is 0.235. The summed E-state index contributed by atoms with van der Waals surface area (Å²) in [6.07, 6.45) is -1.94. The van der Waals surface area contributed by atoms with Crippen molar-refractivity contribution in [1.29, 1.82) is 0 Å². The third kappa shape index (κ3) is 6.28. The van der Waals surface area contributed by atoms with Crippen molar-refractivity contribution in [2.45, 2.75) is 59.4 Å². The van der Waals surface area contributed by atoms with Crippen LogP contribution in [0.25, 0.3) is 10.9 Å². The molecule has 1 fully saturated rings. The molecule has 1 aliphatic rings. The van der Waals surface area contributed by atoms with Gasteiger partial charge < -0.3 is 14.0 Å². The summed E-state index contributed by atoms with van der Waals surface area (Å²) in [5.74, 6) is -0.621. The smallest absolute Gasteiger partial charge is 0.465 e. The van der Waals surface area contributed by atoms with Gasteiger partial charge >= 0.3 is 12.3 Å². The van der Waals surface area contributed by atoms with E-state index in [4.69, 9.17) is 4.74 Å². The minimum atomic E-state index is -4.70. The van der Waals surface area contributed by atoms with E-state index in [-0.39, 0.29) is 11.7 Å². The Morgan fingerprint density at radius 1 is 1.00 bits per heavy atom. The lowest BCUT2D eigenvalue weighted by Gasteiger charge is -2.11. The summed E-state index contributed by atoms with van der Waals surface area (Å²) in [5, 5.41) is 0.946. The third-order valence-corrected chi connectivity index (χ3v) is 4.79. The van der Waals surface area contributed by atoms with Gasteiger partial charge in [0.2, 0.25) is 0 Å². The second-order valence-corrected chi connectivity index (χ2v) is 6.87. The number of methoxy groups -OCH3 is 1. The summed E-state index contributed by atoms with van der Waals surface area (Å²) in [6.45, 7) is 8.00. The first kappa shape index (κ1) is 25.3. The zero-order valence-corrected chi connectivity index (χ0v) is 19.1. The van der Waals surface area contributed by atoms with Gasteiger partial charge in [-0.15, -0.1) is 13.2 Å². The third-order valence-electron chi connectivity index (χ3n) is 4.79. The molecular formula is C25H30F3NO3. The number of ether oxygens (including phenoxy) is 2. The summed E-state index contributed by atoms with van der Waals surface area (Å²) in [5.41, 5.74) is 3.47. The molecule has 0 saturated heterocycles. The second-order valence-electron chi connectivity index (χ2n) is 6.87. The van der Waals surface area contributed by atoms with Crippen molar-refractivity contribution in [3.05, 3.63) is 65.4 Å². The number of benzene rings is 2. The van der Waals surface area contributed by atoms with Gasteiger partial charge in [0.1, 0.15) is 5.75 Å². The molecule has 0 N–H and O–H groups in total. The molecular weight excluding hydrogens is 419 g/mol. The molecule has 1 saturated carbocycles. The topological polar surface area (TPSA) is 40.5 Å². The predicted octanol–water partition coefficient (Wildman–Crippen LogP) is 7.30. The Hall–Kier alpha value is -2.96. The van der Waals surface area contributed by atoms with Crippen molar-refractivity contribution in [3.8, 4) is 5.75 Å². The van der Waals surface area contributed by atoms with E-state index < -0.39 is 6.36 Å². The van der Waals surface area contributed by atoms with Crippen LogP contribution < -0.4 is 4.74 Å². The maximum absolute atomic E-state index is 12.3. The van der Waals surface area contributed by atoms with Gasteiger partial charge in [-0.05, 0) is 54.8 Å². The van der Waals surface area contributed by atoms with Crippen LogP contribution in [0.5, 0.6) is 5.75 Å². The molecule has 0 amide bonds. The Kier molecular flexibility index (Phi) is 8.75. The largest absolute Gasteiger partial charge is 0.573 e. The first-order valence-electron chi connectivity index (χ1n) is 10.9. The molecule has 4 nitrogen and oxygen atoms in total. The van der Waals surface area contributed by atoms with Gasteiger partial charge in [-0.1, -0.05) is 39.8 Å². The Balaban J connectivity index is 0.000000860. The van der Waals surface area contributed by atoms with Gasteiger partial charge in [0.05, 0.1) is 12.7 Å². The van der Waals surface area contributed by atoms with Gasteiger partial charge in [0.15, 0.2) is 0 Å². The summed E-state index contributed by atoms with van der Waals surface area (Å²) in [6, 6.07) is 13.8. The molecule has 0 atom stereocenters. The lowest BCUT2D eigenvalue weighted by molar-refractivity contribution is -0.274. The number of aromatic nitrogens is 1. The first-order chi connectivity index (χ1) is 15.3. The van der Waals surface area contributed by atoms with Crippen LogP contribution in [0.1, 0.15) is 68.2 Å². The van der Waals surface area contributed by atoms with Crippen molar-refractivity contribution >= 4 is 16.9 Å². The summed E-state index contributed by atoms with van der Waals surface area (Å²) >= 11 is 0. The van der Waals surface area contributed by atoms with Crippen molar-refractivity contribution in [3.63, 3.8) is 0 Å². The van der Waals surface area contributed by atoms with Gasteiger partial charge in [-0.2, -0.15) is 0 Å². The highest BCUT2D eigenvalue weighted by Crippen LogP contribution is 2.40. The Morgan fingerprint density at radius 2 is 1.62 bits per heavy atom. The minimum Gasteiger partial charge on any atom is -0.465 e. The molecule has 7 heteroatoms. The Bertz CT molecular complexity index is 1020. The predicted molar refractivity (Wildman–Crippen MR) is 120 cm³/mol. The van der Waals surface area contributed by atoms with E-state index in [1.165, 1.54) is 19.2 Å². The van der Waals surface area contributed by atoms with Crippen molar-refractivity contribution < 1.29 is 27.4 Å².